The van der Waals surface area contributed by atoms with E-state index in [1.54, 1.807) is 0 Å². The molecule has 0 aromatic heterocycles. The van der Waals surface area contributed by atoms with Crippen molar-refractivity contribution in [2.24, 2.45) is 10.7 Å². The minimum Gasteiger partial charge on any atom is -0.456 e. The van der Waals surface area contributed by atoms with Gasteiger partial charge in [0.2, 0.25) is 0 Å². The summed E-state index contributed by atoms with van der Waals surface area (Å²) in [6.45, 7) is 1.52. The van der Waals surface area contributed by atoms with E-state index in [9.17, 15) is 4.39 Å². The average molecular weight is 365 g/mol. The summed E-state index contributed by atoms with van der Waals surface area (Å²) < 4.78 is 19.9. The molecule has 2 aliphatic heterocycles. The van der Waals surface area contributed by atoms with Crippen molar-refractivity contribution >= 4 is 6.02 Å². The summed E-state index contributed by atoms with van der Waals surface area (Å²) in [5, 5.41) is 0. The molecule has 4 nitrogen and oxygen atoms in total. The Balaban J connectivity index is 1.51. The number of nitrogens with two attached hydrogens (primary N) is 1. The molecule has 3 atom stereocenters. The molecule has 2 aromatic rings. The quantitative estimate of drug-likeness (QED) is 0.843. The van der Waals surface area contributed by atoms with Crippen LogP contribution < -0.4 is 5.73 Å². The number of ether oxygens (including phenoxy) is 1. The van der Waals surface area contributed by atoms with Crippen molar-refractivity contribution in [1.82, 2.24) is 4.90 Å². The molecule has 2 N–H and O–H groups in total. The van der Waals surface area contributed by atoms with Crippen molar-refractivity contribution in [2.75, 3.05) is 13.1 Å². The van der Waals surface area contributed by atoms with Gasteiger partial charge >= 0.3 is 0 Å². The molecule has 1 aliphatic carbocycles. The van der Waals surface area contributed by atoms with Gasteiger partial charge in [-0.15, -0.1) is 0 Å². The van der Waals surface area contributed by atoms with Gasteiger partial charge in [-0.25, -0.2) is 9.38 Å². The first kappa shape index (κ1) is 16.8. The lowest BCUT2D eigenvalue weighted by Crippen LogP contribution is -2.43. The Bertz CT molecular complexity index is 881. The molecule has 1 unspecified atom stereocenters. The zero-order valence-electron chi connectivity index (χ0n) is 15.3. The summed E-state index contributed by atoms with van der Waals surface area (Å²) >= 11 is 0. The normalized spacial score (nSPS) is 29.6. The van der Waals surface area contributed by atoms with Gasteiger partial charge in [-0.3, -0.25) is 0 Å². The van der Waals surface area contributed by atoms with Gasteiger partial charge in [0.25, 0.3) is 6.02 Å². The number of hydrogen-bond donors (Lipinski definition) is 1. The highest BCUT2D eigenvalue weighted by atomic mass is 19.1. The van der Waals surface area contributed by atoms with Crippen molar-refractivity contribution in [3.63, 3.8) is 0 Å². The molecular weight excluding hydrogens is 341 g/mol. The van der Waals surface area contributed by atoms with E-state index < -0.39 is 0 Å². The van der Waals surface area contributed by atoms with Gasteiger partial charge < -0.3 is 15.4 Å². The standard InChI is InChI=1S/C22H24FN3O/c23-17-7-5-16(6-8-17)20-19-4-2-1-3-15(19)10-12-26(20)21-25-14-22(27-21)11-9-18(24)13-22/h1-8,18,20H,9-14,24H2/t18-,20-,22?/m0/s1. The Morgan fingerprint density at radius 3 is 2.74 bits per heavy atom. The van der Waals surface area contributed by atoms with Crippen LogP contribution in [0.2, 0.25) is 0 Å². The minimum absolute atomic E-state index is 0.0143. The van der Waals surface area contributed by atoms with E-state index in [4.69, 9.17) is 15.5 Å². The lowest BCUT2D eigenvalue weighted by molar-refractivity contribution is 0.0682. The van der Waals surface area contributed by atoms with Gasteiger partial charge in [0.1, 0.15) is 11.4 Å². The van der Waals surface area contributed by atoms with Crippen LogP contribution in [0.4, 0.5) is 4.39 Å². The van der Waals surface area contributed by atoms with E-state index in [-0.39, 0.29) is 23.5 Å². The van der Waals surface area contributed by atoms with Crippen molar-refractivity contribution in [2.45, 2.75) is 43.4 Å². The largest absolute Gasteiger partial charge is 0.456 e. The fourth-order valence-corrected chi connectivity index (χ4v) is 4.76. The first-order valence-electron chi connectivity index (χ1n) is 9.73. The molecule has 5 rings (SSSR count). The van der Waals surface area contributed by atoms with Crippen LogP contribution in [0, 0.1) is 5.82 Å². The Morgan fingerprint density at radius 2 is 1.96 bits per heavy atom. The van der Waals surface area contributed by atoms with Crippen LogP contribution in [-0.2, 0) is 11.2 Å². The SMILES string of the molecule is N[C@H]1CCC2(CN=C(N3CCc4ccccc4[C@@H]3c3ccc(F)cc3)O2)C1. The van der Waals surface area contributed by atoms with E-state index in [1.165, 1.54) is 23.3 Å². The molecule has 3 aliphatic rings. The summed E-state index contributed by atoms with van der Waals surface area (Å²) in [7, 11) is 0. The third-order valence-electron chi connectivity index (χ3n) is 6.13. The topological polar surface area (TPSA) is 50.8 Å². The Morgan fingerprint density at radius 1 is 1.15 bits per heavy atom. The highest BCUT2D eigenvalue weighted by Crippen LogP contribution is 2.41. The van der Waals surface area contributed by atoms with Gasteiger partial charge in [-0.1, -0.05) is 36.4 Å². The summed E-state index contributed by atoms with van der Waals surface area (Å²) in [5.41, 5.74) is 9.53. The summed E-state index contributed by atoms with van der Waals surface area (Å²) in [4.78, 5) is 7.03. The first-order valence-corrected chi connectivity index (χ1v) is 9.73. The molecular formula is C22H24FN3O. The third-order valence-corrected chi connectivity index (χ3v) is 6.13. The number of benzene rings is 2. The predicted molar refractivity (Wildman–Crippen MR) is 103 cm³/mol. The van der Waals surface area contributed by atoms with E-state index in [0.717, 1.165) is 37.8 Å². The molecule has 27 heavy (non-hydrogen) atoms. The second-order valence-electron chi connectivity index (χ2n) is 7.98. The van der Waals surface area contributed by atoms with Crippen LogP contribution in [0.25, 0.3) is 0 Å². The van der Waals surface area contributed by atoms with Crippen LogP contribution in [0.1, 0.15) is 42.0 Å². The monoisotopic (exact) mass is 365 g/mol. The lowest BCUT2D eigenvalue weighted by atomic mass is 9.88. The number of aliphatic imine (C=N–C) groups is 1. The maximum atomic E-state index is 13.5. The number of halogens is 1. The van der Waals surface area contributed by atoms with Crippen LogP contribution in [0.3, 0.4) is 0 Å². The maximum absolute atomic E-state index is 13.5. The number of nitrogens with zero attached hydrogens (tertiary/aromatic N) is 2. The fraction of sp³-hybridized carbons (Fsp3) is 0.409. The zero-order chi connectivity index (χ0) is 18.4. The van der Waals surface area contributed by atoms with Crippen LogP contribution >= 0.6 is 0 Å². The van der Waals surface area contributed by atoms with E-state index in [2.05, 4.69) is 29.2 Å². The van der Waals surface area contributed by atoms with Crippen molar-refractivity contribution in [1.29, 1.82) is 0 Å². The van der Waals surface area contributed by atoms with Gasteiger partial charge in [-0.05, 0) is 48.1 Å². The van der Waals surface area contributed by atoms with Crippen molar-refractivity contribution in [3.8, 4) is 0 Å². The summed E-state index contributed by atoms with van der Waals surface area (Å²) in [5.74, 6) is -0.220. The molecule has 0 saturated heterocycles. The van der Waals surface area contributed by atoms with Crippen molar-refractivity contribution < 1.29 is 9.13 Å². The van der Waals surface area contributed by atoms with Crippen molar-refractivity contribution in [3.05, 3.63) is 71.0 Å². The van der Waals surface area contributed by atoms with Gasteiger partial charge in [0.15, 0.2) is 0 Å². The van der Waals surface area contributed by atoms with Crippen LogP contribution in [0.15, 0.2) is 53.5 Å². The minimum atomic E-state index is -0.223. The number of amidine groups is 1. The highest BCUT2D eigenvalue weighted by molar-refractivity contribution is 5.78. The molecule has 140 valence electrons. The van der Waals surface area contributed by atoms with Crippen LogP contribution in [0.5, 0.6) is 0 Å². The van der Waals surface area contributed by atoms with E-state index >= 15 is 0 Å². The number of rotatable bonds is 1. The molecule has 5 heteroatoms. The second kappa shape index (κ2) is 6.34. The average Bonchev–Trinajstić information content (AvgIpc) is 3.27. The molecule has 2 aromatic carbocycles. The molecule has 0 amide bonds. The number of hydrogen-bond acceptors (Lipinski definition) is 4. The number of fused-ring (bicyclic) bond motifs is 1. The lowest BCUT2D eigenvalue weighted by Gasteiger charge is -2.39. The van der Waals surface area contributed by atoms with Gasteiger partial charge in [-0.2, -0.15) is 0 Å². The van der Waals surface area contributed by atoms with Gasteiger partial charge in [0.05, 0.1) is 12.6 Å². The third kappa shape index (κ3) is 2.90. The molecule has 0 radical (unpaired) electrons. The predicted octanol–water partition coefficient (Wildman–Crippen LogP) is 3.41. The zero-order valence-corrected chi connectivity index (χ0v) is 15.3. The molecule has 1 saturated carbocycles. The molecule has 2 heterocycles. The second-order valence-corrected chi connectivity index (χ2v) is 7.98. The highest BCUT2D eigenvalue weighted by Gasteiger charge is 2.46. The molecule has 0 bridgehead atoms. The fourth-order valence-electron chi connectivity index (χ4n) is 4.76. The molecule has 1 spiro atoms. The maximum Gasteiger partial charge on any atom is 0.288 e. The Labute approximate surface area is 158 Å². The van der Waals surface area contributed by atoms with Crippen LogP contribution in [-0.4, -0.2) is 35.7 Å². The van der Waals surface area contributed by atoms with Gasteiger partial charge in [0, 0.05) is 19.0 Å². The van der Waals surface area contributed by atoms with E-state index in [1.807, 2.05) is 12.1 Å². The molecule has 1 fully saturated rings. The van der Waals surface area contributed by atoms with E-state index in [0.29, 0.717) is 12.6 Å². The first-order chi connectivity index (χ1) is 13.1. The summed E-state index contributed by atoms with van der Waals surface area (Å²) in [6, 6.07) is 16.2. The summed E-state index contributed by atoms with van der Waals surface area (Å²) in [6.07, 6.45) is 3.77. The Hall–Kier alpha value is -2.40. The smallest absolute Gasteiger partial charge is 0.288 e. The Kier molecular flexibility index (Phi) is 3.93.